The molecule has 0 radical (unpaired) electrons. The normalized spacial score (nSPS) is 12.8. The number of halogens is 4. The lowest BCUT2D eigenvalue weighted by molar-refractivity contribution is -0.135. The molecule has 0 heterocycles. The Morgan fingerprint density at radius 1 is 1.30 bits per heavy atom. The van der Waals surface area contributed by atoms with Crippen LogP contribution in [0.2, 0.25) is 0 Å². The van der Waals surface area contributed by atoms with Crippen LogP contribution in [0.3, 0.4) is 0 Å². The third kappa shape index (κ3) is 7.23. The van der Waals surface area contributed by atoms with Gasteiger partial charge in [-0.15, -0.1) is 0 Å². The number of ether oxygens (including phenoxy) is 1. The molecule has 0 aliphatic rings. The van der Waals surface area contributed by atoms with Gasteiger partial charge < -0.3 is 9.84 Å². The molecule has 1 atom stereocenters. The molecule has 1 aromatic rings. The van der Waals surface area contributed by atoms with Crippen molar-refractivity contribution >= 4 is 11.8 Å². The van der Waals surface area contributed by atoms with Gasteiger partial charge >= 0.3 is 6.18 Å². The molecule has 0 amide bonds. The summed E-state index contributed by atoms with van der Waals surface area (Å²) in [6.07, 6.45) is -6.90. The number of hydrogen-bond acceptors (Lipinski definition) is 4. The second-order valence-corrected chi connectivity index (χ2v) is 5.13. The SMILES string of the molecule is CC(=N)OC(=N)CC(O)c1cc(CCCC(F)(F)F)ccc1F. The molecule has 0 saturated carbocycles. The van der Waals surface area contributed by atoms with E-state index in [4.69, 9.17) is 10.8 Å². The molecule has 0 aromatic heterocycles. The van der Waals surface area contributed by atoms with Crippen molar-refractivity contribution in [2.45, 2.75) is 44.9 Å². The van der Waals surface area contributed by atoms with Gasteiger partial charge in [-0.2, -0.15) is 13.2 Å². The summed E-state index contributed by atoms with van der Waals surface area (Å²) in [5.74, 6) is -1.34. The summed E-state index contributed by atoms with van der Waals surface area (Å²) in [6, 6.07) is 3.74. The molecular weight excluding hydrogens is 316 g/mol. The highest BCUT2D eigenvalue weighted by molar-refractivity contribution is 5.87. The van der Waals surface area contributed by atoms with E-state index in [-0.39, 0.29) is 30.7 Å². The fraction of sp³-hybridized carbons (Fsp3) is 0.467. The van der Waals surface area contributed by atoms with E-state index in [1.54, 1.807) is 0 Å². The van der Waals surface area contributed by atoms with Crippen molar-refractivity contribution in [3.8, 4) is 0 Å². The molecule has 3 N–H and O–H groups in total. The zero-order chi connectivity index (χ0) is 17.6. The van der Waals surface area contributed by atoms with Crippen LogP contribution in [-0.2, 0) is 11.2 Å². The maximum atomic E-state index is 13.8. The number of benzene rings is 1. The fourth-order valence-corrected chi connectivity index (χ4v) is 2.01. The van der Waals surface area contributed by atoms with E-state index in [1.807, 2.05) is 0 Å². The van der Waals surface area contributed by atoms with Gasteiger partial charge in [0.25, 0.3) is 0 Å². The van der Waals surface area contributed by atoms with Crippen LogP contribution in [0, 0.1) is 16.6 Å². The van der Waals surface area contributed by atoms with Crippen LogP contribution in [0.4, 0.5) is 17.6 Å². The van der Waals surface area contributed by atoms with Crippen molar-refractivity contribution < 1.29 is 27.4 Å². The average molecular weight is 334 g/mol. The van der Waals surface area contributed by atoms with Crippen molar-refractivity contribution in [1.29, 1.82) is 10.8 Å². The van der Waals surface area contributed by atoms with Crippen LogP contribution in [0.25, 0.3) is 0 Å². The number of aryl methyl sites for hydroxylation is 1. The lowest BCUT2D eigenvalue weighted by Gasteiger charge is -2.14. The van der Waals surface area contributed by atoms with Crippen molar-refractivity contribution in [3.05, 3.63) is 35.1 Å². The predicted molar refractivity (Wildman–Crippen MR) is 77.2 cm³/mol. The Kier molecular flexibility index (Phi) is 6.68. The van der Waals surface area contributed by atoms with E-state index in [1.165, 1.54) is 19.1 Å². The number of aliphatic hydroxyl groups excluding tert-OH is 1. The molecule has 8 heteroatoms. The maximum Gasteiger partial charge on any atom is 0.389 e. The highest BCUT2D eigenvalue weighted by Gasteiger charge is 2.26. The van der Waals surface area contributed by atoms with Crippen LogP contribution in [-0.4, -0.2) is 23.1 Å². The van der Waals surface area contributed by atoms with E-state index in [9.17, 15) is 22.7 Å². The predicted octanol–water partition coefficient (Wildman–Crippen LogP) is 4.13. The van der Waals surface area contributed by atoms with E-state index in [2.05, 4.69) is 4.74 Å². The minimum absolute atomic E-state index is 0.104. The lowest BCUT2D eigenvalue weighted by atomic mass is 10.00. The van der Waals surface area contributed by atoms with Gasteiger partial charge in [-0.1, -0.05) is 12.1 Å². The average Bonchev–Trinajstić information content (AvgIpc) is 2.38. The Bertz CT molecular complexity index is 573. The Balaban J connectivity index is 2.72. The topological polar surface area (TPSA) is 77.2 Å². The first-order valence-corrected chi connectivity index (χ1v) is 6.92. The highest BCUT2D eigenvalue weighted by Crippen LogP contribution is 2.25. The van der Waals surface area contributed by atoms with E-state index < -0.39 is 30.4 Å². The van der Waals surface area contributed by atoms with Crippen molar-refractivity contribution in [2.75, 3.05) is 0 Å². The van der Waals surface area contributed by atoms with Crippen LogP contribution in [0.15, 0.2) is 18.2 Å². The van der Waals surface area contributed by atoms with Crippen molar-refractivity contribution in [3.63, 3.8) is 0 Å². The van der Waals surface area contributed by atoms with Gasteiger partial charge in [0.05, 0.1) is 12.5 Å². The Labute approximate surface area is 131 Å². The molecule has 0 aliphatic heterocycles. The summed E-state index contributed by atoms with van der Waals surface area (Å²) in [6.45, 7) is 1.31. The smallest absolute Gasteiger partial charge is 0.389 e. The molecule has 128 valence electrons. The highest BCUT2D eigenvalue weighted by atomic mass is 19.4. The van der Waals surface area contributed by atoms with Crippen molar-refractivity contribution in [1.82, 2.24) is 0 Å². The van der Waals surface area contributed by atoms with Gasteiger partial charge in [-0.3, -0.25) is 10.8 Å². The molecule has 0 fully saturated rings. The van der Waals surface area contributed by atoms with Gasteiger partial charge in [0.15, 0.2) is 11.8 Å². The third-order valence-electron chi connectivity index (χ3n) is 3.00. The summed E-state index contributed by atoms with van der Waals surface area (Å²) in [4.78, 5) is 0. The zero-order valence-corrected chi connectivity index (χ0v) is 12.5. The van der Waals surface area contributed by atoms with Crippen LogP contribution < -0.4 is 0 Å². The number of nitrogens with one attached hydrogen (secondary N) is 2. The number of hydrogen-bond donors (Lipinski definition) is 3. The Hall–Kier alpha value is -1.96. The number of aliphatic hydroxyl groups is 1. The van der Waals surface area contributed by atoms with E-state index in [0.29, 0.717) is 5.56 Å². The first kappa shape index (κ1) is 19.1. The molecule has 0 aliphatic carbocycles. The molecule has 1 unspecified atom stereocenters. The second-order valence-electron chi connectivity index (χ2n) is 5.13. The van der Waals surface area contributed by atoms with Crippen molar-refractivity contribution in [2.24, 2.45) is 0 Å². The summed E-state index contributed by atoms with van der Waals surface area (Å²) < 4.78 is 54.8. The summed E-state index contributed by atoms with van der Waals surface area (Å²) in [5.41, 5.74) is 0.367. The van der Waals surface area contributed by atoms with Gasteiger partial charge in [-0.25, -0.2) is 4.39 Å². The van der Waals surface area contributed by atoms with Crippen LogP contribution in [0.5, 0.6) is 0 Å². The van der Waals surface area contributed by atoms with E-state index >= 15 is 0 Å². The standard InChI is InChI=1S/C15H18F4N2O2/c1-9(20)23-14(21)8-13(22)11-7-10(4-5-12(11)16)3-2-6-15(17,18)19/h4-5,7,13,20-22H,2-3,6,8H2,1H3. The van der Waals surface area contributed by atoms with Crippen LogP contribution >= 0.6 is 0 Å². The van der Waals surface area contributed by atoms with E-state index in [0.717, 1.165) is 6.07 Å². The number of alkyl halides is 3. The lowest BCUT2D eigenvalue weighted by Crippen LogP contribution is -2.13. The van der Waals surface area contributed by atoms with Gasteiger partial charge in [-0.05, 0) is 24.5 Å². The van der Waals surface area contributed by atoms with Crippen LogP contribution in [0.1, 0.15) is 43.4 Å². The summed E-state index contributed by atoms with van der Waals surface area (Å²) in [7, 11) is 0. The quantitative estimate of drug-likeness (QED) is 0.416. The Morgan fingerprint density at radius 3 is 2.52 bits per heavy atom. The minimum atomic E-state index is -4.24. The zero-order valence-electron chi connectivity index (χ0n) is 12.5. The molecule has 1 aromatic carbocycles. The first-order valence-electron chi connectivity index (χ1n) is 6.92. The monoisotopic (exact) mass is 334 g/mol. The number of rotatable bonds is 6. The summed E-state index contributed by atoms with van der Waals surface area (Å²) >= 11 is 0. The first-order chi connectivity index (χ1) is 10.6. The largest absolute Gasteiger partial charge is 0.430 e. The second kappa shape index (κ2) is 8.05. The van der Waals surface area contributed by atoms with Gasteiger partial charge in [0.1, 0.15) is 5.82 Å². The van der Waals surface area contributed by atoms with Gasteiger partial charge in [0.2, 0.25) is 0 Å². The molecule has 23 heavy (non-hydrogen) atoms. The molecule has 0 bridgehead atoms. The molecular formula is C15H18F4N2O2. The third-order valence-corrected chi connectivity index (χ3v) is 3.00. The molecule has 1 rings (SSSR count). The summed E-state index contributed by atoms with van der Waals surface area (Å²) in [5, 5.41) is 24.5. The molecule has 4 nitrogen and oxygen atoms in total. The molecule has 0 spiro atoms. The molecule has 0 saturated heterocycles. The maximum absolute atomic E-state index is 13.8. The Morgan fingerprint density at radius 2 is 1.96 bits per heavy atom. The minimum Gasteiger partial charge on any atom is -0.430 e. The van der Waals surface area contributed by atoms with Gasteiger partial charge in [0, 0.05) is 18.9 Å². The fourth-order valence-electron chi connectivity index (χ4n) is 2.01.